The number of fused-ring (bicyclic) bond motifs is 3. The molecule has 4 heteroatoms. The highest BCUT2D eigenvalue weighted by atomic mass is 127. The monoisotopic (exact) mass is 427 g/mol. The van der Waals surface area contributed by atoms with E-state index in [9.17, 15) is 4.79 Å². The Bertz CT molecular complexity index is 1080. The molecule has 0 fully saturated rings. The fourth-order valence-corrected chi connectivity index (χ4v) is 3.28. The average molecular weight is 427 g/mol. The van der Waals surface area contributed by atoms with Gasteiger partial charge in [0.15, 0.2) is 0 Å². The summed E-state index contributed by atoms with van der Waals surface area (Å²) in [5, 5.41) is 6.61. The number of nitrogens with one attached hydrogen (secondary N) is 1. The molecular weight excluding hydrogens is 413 g/mol. The zero-order valence-electron chi connectivity index (χ0n) is 12.8. The van der Waals surface area contributed by atoms with Crippen LogP contribution < -0.4 is 10.9 Å². The highest BCUT2D eigenvalue weighted by molar-refractivity contribution is 14.1. The van der Waals surface area contributed by atoms with Gasteiger partial charge in [0.05, 0.1) is 0 Å². The molecule has 4 rings (SSSR count). The predicted octanol–water partition coefficient (Wildman–Crippen LogP) is 5.16. The quantitative estimate of drug-likeness (QED) is 0.279. The lowest BCUT2D eigenvalue weighted by Gasteiger charge is -2.11. The number of hydrogen-bond acceptors (Lipinski definition) is 3. The highest BCUT2D eigenvalue weighted by Gasteiger charge is 2.09. The minimum absolute atomic E-state index is 0.322. The van der Waals surface area contributed by atoms with Crippen molar-refractivity contribution >= 4 is 50.0 Å². The Morgan fingerprint density at radius 2 is 1.75 bits per heavy atom. The van der Waals surface area contributed by atoms with Crippen molar-refractivity contribution in [2.75, 3.05) is 5.32 Å². The molecule has 0 aliphatic carbocycles. The average Bonchev–Trinajstić information content (AvgIpc) is 2.60. The van der Waals surface area contributed by atoms with Gasteiger partial charge in [0.2, 0.25) is 0 Å². The van der Waals surface area contributed by atoms with E-state index >= 15 is 0 Å². The summed E-state index contributed by atoms with van der Waals surface area (Å²) in [6.45, 7) is 0.566. The van der Waals surface area contributed by atoms with Crippen LogP contribution in [-0.4, -0.2) is 0 Å². The third-order valence-corrected chi connectivity index (χ3v) is 4.76. The largest absolute Gasteiger partial charge is 0.423 e. The zero-order valence-corrected chi connectivity index (χ0v) is 14.9. The number of hydrogen-bond donors (Lipinski definition) is 1. The molecule has 118 valence electrons. The maximum atomic E-state index is 11.9. The van der Waals surface area contributed by atoms with Crippen LogP contribution in [0.4, 0.5) is 5.69 Å². The molecule has 0 aliphatic rings. The smallest absolute Gasteiger partial charge is 0.336 e. The summed E-state index contributed by atoms with van der Waals surface area (Å²) >= 11 is 2.28. The van der Waals surface area contributed by atoms with E-state index in [4.69, 9.17) is 4.42 Å². The fourth-order valence-electron chi connectivity index (χ4n) is 2.92. The molecule has 0 unspecified atom stereocenters. The van der Waals surface area contributed by atoms with E-state index in [1.165, 1.54) is 3.57 Å². The van der Waals surface area contributed by atoms with Crippen molar-refractivity contribution < 1.29 is 4.42 Å². The van der Waals surface area contributed by atoms with Crippen LogP contribution in [0.5, 0.6) is 0 Å². The number of benzene rings is 3. The van der Waals surface area contributed by atoms with E-state index < -0.39 is 0 Å². The van der Waals surface area contributed by atoms with Gasteiger partial charge in [0.25, 0.3) is 0 Å². The maximum Gasteiger partial charge on any atom is 0.336 e. The molecule has 0 atom stereocenters. The van der Waals surface area contributed by atoms with Gasteiger partial charge in [-0.25, -0.2) is 4.79 Å². The van der Waals surface area contributed by atoms with Gasteiger partial charge in [0.1, 0.15) is 5.58 Å². The molecule has 24 heavy (non-hydrogen) atoms. The summed E-state index contributed by atoms with van der Waals surface area (Å²) in [6, 6.07) is 21.7. The molecule has 0 saturated heterocycles. The number of anilines is 1. The molecule has 0 bridgehead atoms. The van der Waals surface area contributed by atoms with E-state index in [-0.39, 0.29) is 5.63 Å². The van der Waals surface area contributed by atoms with Crippen molar-refractivity contribution in [2.24, 2.45) is 0 Å². The SMILES string of the molecule is O=c1cc(CNc2ccc(I)cc2)c2c(ccc3ccccc32)o1. The Labute approximate surface area is 152 Å². The van der Waals surface area contributed by atoms with Crippen LogP contribution >= 0.6 is 22.6 Å². The summed E-state index contributed by atoms with van der Waals surface area (Å²) < 4.78 is 6.58. The van der Waals surface area contributed by atoms with Crippen LogP contribution in [0.25, 0.3) is 21.7 Å². The van der Waals surface area contributed by atoms with Gasteiger partial charge < -0.3 is 9.73 Å². The highest BCUT2D eigenvalue weighted by Crippen LogP contribution is 2.27. The van der Waals surface area contributed by atoms with Gasteiger partial charge in [-0.1, -0.05) is 30.3 Å². The van der Waals surface area contributed by atoms with Crippen molar-refractivity contribution in [1.82, 2.24) is 0 Å². The lowest BCUT2D eigenvalue weighted by Crippen LogP contribution is -2.06. The van der Waals surface area contributed by atoms with Gasteiger partial charge in [-0.05, 0) is 69.3 Å². The van der Waals surface area contributed by atoms with Crippen LogP contribution in [-0.2, 0) is 6.54 Å². The molecule has 1 N–H and O–H groups in total. The Morgan fingerprint density at radius 1 is 0.958 bits per heavy atom. The van der Waals surface area contributed by atoms with Gasteiger partial charge in [-0.15, -0.1) is 0 Å². The van der Waals surface area contributed by atoms with E-state index in [0.717, 1.165) is 27.4 Å². The lowest BCUT2D eigenvalue weighted by molar-refractivity contribution is 0.559. The molecule has 0 spiro atoms. The Morgan fingerprint density at radius 3 is 2.58 bits per heavy atom. The second kappa shape index (κ2) is 6.28. The number of rotatable bonds is 3. The van der Waals surface area contributed by atoms with Gasteiger partial charge in [-0.3, -0.25) is 0 Å². The lowest BCUT2D eigenvalue weighted by atomic mass is 10.0. The molecule has 4 aromatic rings. The topological polar surface area (TPSA) is 42.2 Å². The van der Waals surface area contributed by atoms with E-state index in [1.54, 1.807) is 6.07 Å². The van der Waals surface area contributed by atoms with E-state index in [0.29, 0.717) is 12.1 Å². The van der Waals surface area contributed by atoms with Crippen molar-refractivity contribution in [3.8, 4) is 0 Å². The first-order chi connectivity index (χ1) is 11.7. The van der Waals surface area contributed by atoms with Crippen molar-refractivity contribution in [2.45, 2.75) is 6.54 Å². The molecule has 0 radical (unpaired) electrons. The molecule has 1 aromatic heterocycles. The van der Waals surface area contributed by atoms with Crippen molar-refractivity contribution in [1.29, 1.82) is 0 Å². The molecule has 0 saturated carbocycles. The molecule has 0 aliphatic heterocycles. The van der Waals surface area contributed by atoms with Crippen molar-refractivity contribution in [3.05, 3.63) is 86.3 Å². The minimum Gasteiger partial charge on any atom is -0.423 e. The summed E-state index contributed by atoms with van der Waals surface area (Å²) in [7, 11) is 0. The van der Waals surface area contributed by atoms with Crippen molar-refractivity contribution in [3.63, 3.8) is 0 Å². The summed E-state index contributed by atoms with van der Waals surface area (Å²) in [5.41, 5.74) is 2.27. The normalized spacial score (nSPS) is 11.0. The first-order valence-electron chi connectivity index (χ1n) is 7.65. The summed E-state index contributed by atoms with van der Waals surface area (Å²) in [4.78, 5) is 11.9. The molecule has 3 nitrogen and oxygen atoms in total. The molecule has 0 amide bonds. The van der Waals surface area contributed by atoms with Gasteiger partial charge in [0, 0.05) is 27.3 Å². The maximum absolute atomic E-state index is 11.9. The third kappa shape index (κ3) is 2.89. The summed E-state index contributed by atoms with van der Waals surface area (Å²) in [5.74, 6) is 0. The Balaban J connectivity index is 1.82. The second-order valence-corrected chi connectivity index (χ2v) is 6.86. The zero-order chi connectivity index (χ0) is 16.5. The van der Waals surface area contributed by atoms with Gasteiger partial charge in [-0.2, -0.15) is 0 Å². The standard InChI is InChI=1S/C20H14INO2/c21-15-6-8-16(9-7-15)22-12-14-11-19(23)24-18-10-5-13-3-1-2-4-17(13)20(14)18/h1-11,22H,12H2. The summed E-state index contributed by atoms with van der Waals surface area (Å²) in [6.07, 6.45) is 0. The van der Waals surface area contributed by atoms with Crippen LogP contribution in [0.2, 0.25) is 0 Å². The van der Waals surface area contributed by atoms with E-state index in [2.05, 4.69) is 52.2 Å². The minimum atomic E-state index is -0.322. The molecule has 1 heterocycles. The second-order valence-electron chi connectivity index (χ2n) is 5.61. The van der Waals surface area contributed by atoms with E-state index in [1.807, 2.05) is 36.4 Å². The molecule has 3 aromatic carbocycles. The Hall–Kier alpha value is -2.34. The van der Waals surface area contributed by atoms with Gasteiger partial charge >= 0.3 is 5.63 Å². The first-order valence-corrected chi connectivity index (χ1v) is 8.72. The predicted molar refractivity (Wildman–Crippen MR) is 106 cm³/mol. The number of halogens is 1. The van der Waals surface area contributed by atoms with Crippen LogP contribution in [0.3, 0.4) is 0 Å². The van der Waals surface area contributed by atoms with Crippen LogP contribution in [0, 0.1) is 3.57 Å². The first kappa shape index (κ1) is 15.2. The molecular formula is C20H14INO2. The Kier molecular flexibility index (Phi) is 3.98. The third-order valence-electron chi connectivity index (χ3n) is 4.04. The van der Waals surface area contributed by atoms with Crippen LogP contribution in [0.1, 0.15) is 5.56 Å². The fraction of sp³-hybridized carbons (Fsp3) is 0.0500. The van der Waals surface area contributed by atoms with Crippen LogP contribution in [0.15, 0.2) is 75.9 Å².